The summed E-state index contributed by atoms with van der Waals surface area (Å²) in [5.74, 6) is 0. The van der Waals surface area contributed by atoms with Crippen LogP contribution in [0, 0.1) is 13.8 Å². The molecule has 0 bridgehead atoms. The third kappa shape index (κ3) is 8.99. The molecule has 70 heavy (non-hydrogen) atoms. The van der Waals surface area contributed by atoms with E-state index in [0.29, 0.717) is 0 Å². The van der Waals surface area contributed by atoms with Gasteiger partial charge < -0.3 is 0 Å². The predicted octanol–water partition coefficient (Wildman–Crippen LogP) is 19.5. The SMILES string of the molecule is C=Cc1ccc(CC2(Cc3ccc(C=C)cc3)c3cc(-c4ccc(C)cc4)ccc3-c3ccc(-c4ccc5c(c4)C(CCCCCC)(CCCCCC)c4cc(-c6ccc(C)cc6)ccc4-5)cc32)cc1. The summed E-state index contributed by atoms with van der Waals surface area (Å²) in [7, 11) is 0. The molecular weight excluding hydrogens is 841 g/mol. The van der Waals surface area contributed by atoms with E-state index in [1.807, 2.05) is 12.2 Å². The van der Waals surface area contributed by atoms with Crippen molar-refractivity contribution in [1.29, 1.82) is 0 Å². The lowest BCUT2D eigenvalue weighted by atomic mass is 9.68. The zero-order valence-corrected chi connectivity index (χ0v) is 42.2. The Balaban J connectivity index is 1.15. The summed E-state index contributed by atoms with van der Waals surface area (Å²) in [5.41, 5.74) is 26.4. The summed E-state index contributed by atoms with van der Waals surface area (Å²) in [4.78, 5) is 0. The van der Waals surface area contributed by atoms with Crippen LogP contribution in [0.1, 0.15) is 134 Å². The number of hydrogen-bond donors (Lipinski definition) is 0. The van der Waals surface area contributed by atoms with Crippen LogP contribution in [-0.4, -0.2) is 0 Å². The Kier molecular flexibility index (Phi) is 13.6. The molecule has 0 heterocycles. The van der Waals surface area contributed by atoms with Gasteiger partial charge in [0.2, 0.25) is 0 Å². The number of fused-ring (bicyclic) bond motifs is 6. The van der Waals surface area contributed by atoms with E-state index >= 15 is 0 Å². The van der Waals surface area contributed by atoms with Crippen LogP contribution < -0.4 is 0 Å². The molecule has 8 aromatic carbocycles. The van der Waals surface area contributed by atoms with E-state index in [9.17, 15) is 0 Å². The fourth-order valence-corrected chi connectivity index (χ4v) is 12.3. The normalized spacial score (nSPS) is 13.6. The van der Waals surface area contributed by atoms with Crippen molar-refractivity contribution >= 4 is 12.2 Å². The highest BCUT2D eigenvalue weighted by Crippen LogP contribution is 2.57. The quantitative estimate of drug-likeness (QED) is 0.0709. The molecule has 0 radical (unpaired) electrons. The molecule has 350 valence electrons. The van der Waals surface area contributed by atoms with Crippen LogP contribution in [-0.2, 0) is 23.7 Å². The number of unbranched alkanes of at least 4 members (excludes halogenated alkanes) is 6. The van der Waals surface area contributed by atoms with Crippen LogP contribution in [0.5, 0.6) is 0 Å². The van der Waals surface area contributed by atoms with E-state index in [4.69, 9.17) is 0 Å². The van der Waals surface area contributed by atoms with Crippen LogP contribution >= 0.6 is 0 Å². The highest BCUT2D eigenvalue weighted by molar-refractivity contribution is 5.89. The van der Waals surface area contributed by atoms with Gasteiger partial charge in [-0.05, 0) is 164 Å². The van der Waals surface area contributed by atoms with Crippen molar-refractivity contribution < 1.29 is 0 Å². The second kappa shape index (κ2) is 20.3. The van der Waals surface area contributed by atoms with Crippen LogP contribution in [0.2, 0.25) is 0 Å². The van der Waals surface area contributed by atoms with Gasteiger partial charge in [-0.15, -0.1) is 0 Å². The first-order valence-electron chi connectivity index (χ1n) is 26.4. The molecule has 0 amide bonds. The molecular formula is C70H70. The van der Waals surface area contributed by atoms with E-state index in [1.165, 1.54) is 159 Å². The first kappa shape index (κ1) is 46.9. The van der Waals surface area contributed by atoms with Gasteiger partial charge in [-0.1, -0.05) is 247 Å². The van der Waals surface area contributed by atoms with Gasteiger partial charge in [-0.25, -0.2) is 0 Å². The lowest BCUT2D eigenvalue weighted by Crippen LogP contribution is -2.31. The molecule has 0 nitrogen and oxygen atoms in total. The fraction of sp³-hybridized carbons (Fsp3) is 0.257. The maximum atomic E-state index is 4.09. The van der Waals surface area contributed by atoms with Crippen LogP contribution in [0.15, 0.2) is 183 Å². The van der Waals surface area contributed by atoms with E-state index in [-0.39, 0.29) is 10.8 Å². The van der Waals surface area contributed by atoms with Gasteiger partial charge in [0.1, 0.15) is 0 Å². The summed E-state index contributed by atoms with van der Waals surface area (Å²) >= 11 is 0. The van der Waals surface area contributed by atoms with Crippen molar-refractivity contribution in [2.24, 2.45) is 0 Å². The van der Waals surface area contributed by atoms with Crippen molar-refractivity contribution in [3.05, 3.63) is 239 Å². The Hall–Kier alpha value is -6.76. The highest BCUT2D eigenvalue weighted by atomic mass is 14.5. The largest absolute Gasteiger partial charge is 0.0985 e. The maximum absolute atomic E-state index is 4.09. The Morgan fingerprint density at radius 2 is 0.657 bits per heavy atom. The molecule has 0 fully saturated rings. The third-order valence-electron chi connectivity index (χ3n) is 16.2. The van der Waals surface area contributed by atoms with Gasteiger partial charge in [-0.3, -0.25) is 0 Å². The van der Waals surface area contributed by atoms with Gasteiger partial charge in [0.15, 0.2) is 0 Å². The minimum absolute atomic E-state index is 0.0405. The molecule has 0 saturated carbocycles. The summed E-state index contributed by atoms with van der Waals surface area (Å²) in [6, 6.07) is 66.2. The monoisotopic (exact) mass is 911 g/mol. The van der Waals surface area contributed by atoms with E-state index in [2.05, 4.69) is 211 Å². The van der Waals surface area contributed by atoms with Gasteiger partial charge in [0, 0.05) is 10.8 Å². The topological polar surface area (TPSA) is 0 Å². The average molecular weight is 911 g/mol. The zero-order valence-electron chi connectivity index (χ0n) is 42.2. The number of rotatable bonds is 19. The molecule has 0 N–H and O–H groups in total. The minimum Gasteiger partial charge on any atom is -0.0985 e. The van der Waals surface area contributed by atoms with Gasteiger partial charge >= 0.3 is 0 Å². The molecule has 0 unspecified atom stereocenters. The Morgan fingerprint density at radius 1 is 0.343 bits per heavy atom. The van der Waals surface area contributed by atoms with Crippen LogP contribution in [0.4, 0.5) is 0 Å². The van der Waals surface area contributed by atoms with Gasteiger partial charge in [0.05, 0.1) is 0 Å². The van der Waals surface area contributed by atoms with Crippen molar-refractivity contribution in [3.63, 3.8) is 0 Å². The minimum atomic E-state index is -0.339. The molecule has 0 spiro atoms. The third-order valence-corrected chi connectivity index (χ3v) is 16.2. The standard InChI is InChI=1S/C70H70/c1-7-11-13-15-41-69(42-16-14-12-8-2)65-43-57(55-29-17-49(5)18-30-55)33-37-61(65)62-39-35-59(45-66(62)69)60-36-40-64-63-38-34-58(56-31-19-50(6)20-32-56)44-67(63)70(68(64)46-60,47-53-25-21-51(9-3)22-26-53)48-54-27-23-52(10-4)24-28-54/h9-10,17-40,43-46H,3-4,7-8,11-16,41-42,47-48H2,1-2,5-6H3. The number of benzene rings is 8. The van der Waals surface area contributed by atoms with Gasteiger partial charge in [0.25, 0.3) is 0 Å². The molecule has 8 aromatic rings. The number of hydrogen-bond acceptors (Lipinski definition) is 0. The fourth-order valence-electron chi connectivity index (χ4n) is 12.3. The molecule has 2 aliphatic carbocycles. The molecule has 0 aromatic heterocycles. The molecule has 0 saturated heterocycles. The Labute approximate surface area is 419 Å². The van der Waals surface area contributed by atoms with Crippen molar-refractivity contribution in [2.75, 3.05) is 0 Å². The molecule has 2 aliphatic rings. The summed E-state index contributed by atoms with van der Waals surface area (Å²) < 4.78 is 0. The summed E-state index contributed by atoms with van der Waals surface area (Å²) in [6.45, 7) is 17.2. The zero-order chi connectivity index (χ0) is 48.2. The van der Waals surface area contributed by atoms with E-state index in [1.54, 1.807) is 5.56 Å². The van der Waals surface area contributed by atoms with Crippen LogP contribution in [0.3, 0.4) is 0 Å². The van der Waals surface area contributed by atoms with Gasteiger partial charge in [-0.2, -0.15) is 0 Å². The molecule has 10 rings (SSSR count). The second-order valence-electron chi connectivity index (χ2n) is 20.8. The first-order chi connectivity index (χ1) is 34.2. The Morgan fingerprint density at radius 3 is 0.986 bits per heavy atom. The second-order valence-corrected chi connectivity index (χ2v) is 20.8. The summed E-state index contributed by atoms with van der Waals surface area (Å²) in [5, 5.41) is 0. The smallest absolute Gasteiger partial charge is 0.0296 e. The number of aryl methyl sites for hydroxylation is 2. The van der Waals surface area contributed by atoms with Crippen molar-refractivity contribution in [3.8, 4) is 55.6 Å². The van der Waals surface area contributed by atoms with Crippen molar-refractivity contribution in [2.45, 2.75) is 116 Å². The summed E-state index contributed by atoms with van der Waals surface area (Å²) in [6.07, 6.45) is 18.1. The molecule has 0 heteroatoms. The predicted molar refractivity (Wildman–Crippen MR) is 303 cm³/mol. The Bertz CT molecular complexity index is 3070. The van der Waals surface area contributed by atoms with Crippen molar-refractivity contribution in [1.82, 2.24) is 0 Å². The molecule has 0 aliphatic heterocycles. The maximum Gasteiger partial charge on any atom is 0.0296 e. The molecule has 0 atom stereocenters. The van der Waals surface area contributed by atoms with E-state index in [0.717, 1.165) is 24.0 Å². The lowest BCUT2D eigenvalue weighted by Gasteiger charge is -2.34. The average Bonchev–Trinajstić information content (AvgIpc) is 3.81. The first-order valence-corrected chi connectivity index (χ1v) is 26.4. The van der Waals surface area contributed by atoms with Crippen LogP contribution in [0.25, 0.3) is 67.8 Å². The lowest BCUT2D eigenvalue weighted by molar-refractivity contribution is 0.401. The highest BCUT2D eigenvalue weighted by Gasteiger charge is 2.45. The van der Waals surface area contributed by atoms with E-state index < -0.39 is 0 Å².